The van der Waals surface area contributed by atoms with Crippen molar-refractivity contribution in [2.24, 2.45) is 23.2 Å². The second-order valence-corrected chi connectivity index (χ2v) is 15.7. The van der Waals surface area contributed by atoms with Gasteiger partial charge < -0.3 is 14.5 Å². The van der Waals surface area contributed by atoms with Gasteiger partial charge in [0.2, 0.25) is 21.8 Å². The number of rotatable bonds is 11. The number of benzene rings is 2. The van der Waals surface area contributed by atoms with Crippen molar-refractivity contribution in [3.05, 3.63) is 60.2 Å². The molecule has 4 saturated carbocycles. The fourth-order valence-electron chi connectivity index (χ4n) is 8.95. The Bertz CT molecular complexity index is 1380. The van der Waals surface area contributed by atoms with Crippen molar-refractivity contribution in [2.75, 3.05) is 33.3 Å². The van der Waals surface area contributed by atoms with Gasteiger partial charge in [-0.2, -0.15) is 4.31 Å². The van der Waals surface area contributed by atoms with E-state index >= 15 is 0 Å². The van der Waals surface area contributed by atoms with Crippen LogP contribution in [0.2, 0.25) is 0 Å². The summed E-state index contributed by atoms with van der Waals surface area (Å²) in [5.74, 6) is 3.05. The molecule has 0 atom stereocenters. The molecule has 7 rings (SSSR count). The van der Waals surface area contributed by atoms with Crippen molar-refractivity contribution in [1.29, 1.82) is 0 Å². The molecule has 4 bridgehead atoms. The zero-order chi connectivity index (χ0) is 30.9. The van der Waals surface area contributed by atoms with Crippen molar-refractivity contribution in [3.8, 4) is 5.75 Å². The van der Waals surface area contributed by atoms with Crippen LogP contribution in [0.5, 0.6) is 5.75 Å². The van der Waals surface area contributed by atoms with Crippen LogP contribution >= 0.6 is 0 Å². The summed E-state index contributed by atoms with van der Waals surface area (Å²) >= 11 is 0. The highest BCUT2D eigenvalue weighted by atomic mass is 32.2. The van der Waals surface area contributed by atoms with Gasteiger partial charge in [0.1, 0.15) is 5.75 Å². The van der Waals surface area contributed by atoms with Gasteiger partial charge in [0.25, 0.3) is 0 Å². The Morgan fingerprint density at radius 2 is 1.50 bits per heavy atom. The minimum atomic E-state index is -3.83. The number of carbonyl (C=O) groups is 2. The summed E-state index contributed by atoms with van der Waals surface area (Å²) in [6.07, 6.45) is 9.10. The third kappa shape index (κ3) is 6.27. The molecule has 238 valence electrons. The molecule has 1 saturated heterocycles. The summed E-state index contributed by atoms with van der Waals surface area (Å²) in [4.78, 5) is 32.3. The van der Waals surface area contributed by atoms with Gasteiger partial charge in [0.05, 0.1) is 24.0 Å². The van der Waals surface area contributed by atoms with E-state index in [4.69, 9.17) is 4.74 Å². The molecule has 1 heterocycles. The first kappa shape index (κ1) is 31.1. The molecule has 0 aromatic heterocycles. The van der Waals surface area contributed by atoms with E-state index in [1.54, 1.807) is 37.4 Å². The Hall–Kier alpha value is -2.91. The maximum Gasteiger partial charge on any atom is 0.243 e. The molecule has 8 nitrogen and oxygen atoms in total. The van der Waals surface area contributed by atoms with Crippen LogP contribution in [0.15, 0.2) is 59.5 Å². The van der Waals surface area contributed by atoms with Crippen LogP contribution in [0.25, 0.3) is 0 Å². The number of hydrogen-bond acceptors (Lipinski definition) is 5. The molecule has 2 amide bonds. The Labute approximate surface area is 262 Å². The highest BCUT2D eigenvalue weighted by molar-refractivity contribution is 7.89. The van der Waals surface area contributed by atoms with Gasteiger partial charge in [-0.1, -0.05) is 37.3 Å². The second kappa shape index (κ2) is 12.8. The standard InChI is InChI=1S/C35H47N3O5S/c1-3-15-37(44(41,42)32-7-5-4-6-8-32)25-33(39)38(24-26-9-11-31(43-2)12-10-26)30-13-16-36(17-14-30)34(40)35-21-27-18-28(22-35)20-29(19-27)23-35/h4-12,27-30H,3,13-25H2,1-2H3. The van der Waals surface area contributed by atoms with Crippen LogP contribution in [-0.4, -0.2) is 73.7 Å². The lowest BCUT2D eigenvalue weighted by atomic mass is 9.49. The Morgan fingerprint density at radius 3 is 2.05 bits per heavy atom. The average Bonchev–Trinajstić information content (AvgIpc) is 3.03. The van der Waals surface area contributed by atoms with E-state index in [0.29, 0.717) is 44.8 Å². The maximum absolute atomic E-state index is 14.1. The van der Waals surface area contributed by atoms with Gasteiger partial charge in [-0.05, 0) is 105 Å². The molecule has 9 heteroatoms. The summed E-state index contributed by atoms with van der Waals surface area (Å²) in [7, 11) is -2.21. The number of piperidine rings is 1. The largest absolute Gasteiger partial charge is 0.497 e. The van der Waals surface area contributed by atoms with E-state index in [0.717, 1.165) is 48.3 Å². The van der Waals surface area contributed by atoms with Crippen molar-refractivity contribution in [2.45, 2.75) is 82.2 Å². The lowest BCUT2D eigenvalue weighted by Crippen LogP contribution is -2.57. The molecular formula is C35H47N3O5S. The van der Waals surface area contributed by atoms with Crippen LogP contribution in [0, 0.1) is 23.2 Å². The molecule has 1 aliphatic heterocycles. The lowest BCUT2D eigenvalue weighted by Gasteiger charge is -2.57. The fraction of sp³-hybridized carbons (Fsp3) is 0.600. The number of ether oxygens (including phenoxy) is 1. The highest BCUT2D eigenvalue weighted by Gasteiger charge is 2.55. The first-order valence-corrected chi connectivity index (χ1v) is 17.9. The SMILES string of the molecule is CCCN(CC(=O)N(Cc1ccc(OC)cc1)C1CCN(C(=O)C23CC4CC(CC(C4)C2)C3)CC1)S(=O)(=O)c1ccccc1. The monoisotopic (exact) mass is 621 g/mol. The molecule has 4 aliphatic carbocycles. The van der Waals surface area contributed by atoms with Gasteiger partial charge in [-0.25, -0.2) is 8.42 Å². The Morgan fingerprint density at radius 1 is 0.909 bits per heavy atom. The van der Waals surface area contributed by atoms with E-state index in [-0.39, 0.29) is 35.3 Å². The maximum atomic E-state index is 14.1. The van der Waals surface area contributed by atoms with Gasteiger partial charge in [-0.3, -0.25) is 9.59 Å². The molecule has 0 spiro atoms. The number of nitrogens with zero attached hydrogens (tertiary/aromatic N) is 3. The van der Waals surface area contributed by atoms with Gasteiger partial charge >= 0.3 is 0 Å². The van der Waals surface area contributed by atoms with Crippen LogP contribution in [0.3, 0.4) is 0 Å². The number of methoxy groups -OCH3 is 1. The van der Waals surface area contributed by atoms with E-state index in [1.807, 2.05) is 36.1 Å². The number of sulfonamides is 1. The second-order valence-electron chi connectivity index (χ2n) is 13.7. The summed E-state index contributed by atoms with van der Waals surface area (Å²) in [5.41, 5.74) is 0.797. The highest BCUT2D eigenvalue weighted by Crippen LogP contribution is 2.60. The first-order valence-electron chi connectivity index (χ1n) is 16.5. The van der Waals surface area contributed by atoms with Crippen LogP contribution in [0.1, 0.15) is 70.3 Å². The van der Waals surface area contributed by atoms with Crippen LogP contribution in [-0.2, 0) is 26.2 Å². The summed E-state index contributed by atoms with van der Waals surface area (Å²) in [6, 6.07) is 15.9. The molecule has 0 unspecified atom stereocenters. The summed E-state index contributed by atoms with van der Waals surface area (Å²) in [5, 5.41) is 0. The third-order valence-corrected chi connectivity index (χ3v) is 12.5. The summed E-state index contributed by atoms with van der Waals surface area (Å²) in [6.45, 7) is 3.62. The smallest absolute Gasteiger partial charge is 0.243 e. The minimum Gasteiger partial charge on any atom is -0.497 e. The minimum absolute atomic E-state index is 0.0760. The zero-order valence-electron chi connectivity index (χ0n) is 26.2. The quantitative estimate of drug-likeness (QED) is 0.339. The predicted octanol–water partition coefficient (Wildman–Crippen LogP) is 5.33. The molecule has 0 radical (unpaired) electrons. The lowest BCUT2D eigenvalue weighted by molar-refractivity contribution is -0.159. The van der Waals surface area contributed by atoms with E-state index in [9.17, 15) is 18.0 Å². The number of carbonyl (C=O) groups excluding carboxylic acids is 2. The van der Waals surface area contributed by atoms with E-state index in [1.165, 1.54) is 23.6 Å². The number of amides is 2. The molecule has 5 aliphatic rings. The van der Waals surface area contributed by atoms with E-state index < -0.39 is 10.0 Å². The van der Waals surface area contributed by atoms with Gasteiger partial charge in [0.15, 0.2) is 0 Å². The van der Waals surface area contributed by atoms with E-state index in [2.05, 4.69) is 4.90 Å². The molecule has 2 aromatic carbocycles. The topological polar surface area (TPSA) is 87.2 Å². The normalized spacial score (nSPS) is 26.6. The van der Waals surface area contributed by atoms with Crippen molar-refractivity contribution in [3.63, 3.8) is 0 Å². The van der Waals surface area contributed by atoms with Crippen molar-refractivity contribution < 1.29 is 22.7 Å². The Kier molecular flexibility index (Phi) is 9.07. The van der Waals surface area contributed by atoms with Crippen molar-refractivity contribution >= 4 is 21.8 Å². The number of likely N-dealkylation sites (tertiary alicyclic amines) is 1. The van der Waals surface area contributed by atoms with Crippen molar-refractivity contribution in [1.82, 2.24) is 14.1 Å². The predicted molar refractivity (Wildman–Crippen MR) is 169 cm³/mol. The third-order valence-electron chi connectivity index (χ3n) is 10.7. The molecular weight excluding hydrogens is 574 g/mol. The fourth-order valence-corrected chi connectivity index (χ4v) is 10.5. The average molecular weight is 622 g/mol. The van der Waals surface area contributed by atoms with Crippen LogP contribution in [0.4, 0.5) is 0 Å². The number of hydrogen-bond donors (Lipinski definition) is 0. The molecule has 44 heavy (non-hydrogen) atoms. The van der Waals surface area contributed by atoms with Crippen LogP contribution < -0.4 is 4.74 Å². The van der Waals surface area contributed by atoms with Gasteiger partial charge in [-0.15, -0.1) is 0 Å². The molecule has 5 fully saturated rings. The molecule has 2 aromatic rings. The van der Waals surface area contributed by atoms with Gasteiger partial charge in [0, 0.05) is 32.2 Å². The molecule has 0 N–H and O–H groups in total. The Balaban J connectivity index is 1.18. The summed E-state index contributed by atoms with van der Waals surface area (Å²) < 4.78 is 33.8. The zero-order valence-corrected chi connectivity index (χ0v) is 27.0. The first-order chi connectivity index (χ1) is 21.2.